The summed E-state index contributed by atoms with van der Waals surface area (Å²) in [5.74, 6) is 1.33. The summed E-state index contributed by atoms with van der Waals surface area (Å²) < 4.78 is 7.85. The number of rotatable bonds is 5. The van der Waals surface area contributed by atoms with Gasteiger partial charge in [0.15, 0.2) is 0 Å². The number of likely N-dealkylation sites (tertiary alicyclic amines) is 1. The maximum Gasteiger partial charge on any atom is 0.248 e. The standard InChI is InChI=1S/C17H28N4O2/c1-19(2)17(22)12-23-16-6-4-5-14-10-21(11-15(14)16)9-13-7-18-20(3)8-13/h7-8,14-16H,4-6,9-12H2,1-3H3/t14-,15+,16+/m0/s1. The number of carbonyl (C=O) groups excluding carboxylic acids is 1. The minimum Gasteiger partial charge on any atom is -0.368 e. The third-order valence-electron chi connectivity index (χ3n) is 5.19. The third-order valence-corrected chi connectivity index (χ3v) is 5.19. The van der Waals surface area contributed by atoms with Crippen molar-refractivity contribution >= 4 is 5.91 Å². The lowest BCUT2D eigenvalue weighted by Gasteiger charge is -2.33. The maximum absolute atomic E-state index is 11.8. The van der Waals surface area contributed by atoms with E-state index in [9.17, 15) is 4.79 Å². The van der Waals surface area contributed by atoms with Crippen LogP contribution in [0.3, 0.4) is 0 Å². The SMILES string of the molecule is CN(C)C(=O)CO[C@@H]1CCC[C@H]2CN(Cc3cnn(C)c3)C[C@H]21. The molecule has 1 aromatic heterocycles. The van der Waals surface area contributed by atoms with Gasteiger partial charge >= 0.3 is 0 Å². The van der Waals surface area contributed by atoms with Crippen molar-refractivity contribution in [3.8, 4) is 0 Å². The number of aromatic nitrogens is 2. The van der Waals surface area contributed by atoms with E-state index in [1.807, 2.05) is 17.9 Å². The number of amides is 1. The van der Waals surface area contributed by atoms with Crippen LogP contribution in [0.4, 0.5) is 0 Å². The van der Waals surface area contributed by atoms with Gasteiger partial charge in [0, 0.05) is 58.5 Å². The molecule has 1 aliphatic heterocycles. The Kier molecular flexibility index (Phi) is 5.02. The summed E-state index contributed by atoms with van der Waals surface area (Å²) in [5.41, 5.74) is 1.27. The minimum atomic E-state index is 0.0531. The fourth-order valence-electron chi connectivity index (χ4n) is 3.97. The molecule has 2 aliphatic rings. The van der Waals surface area contributed by atoms with Crippen LogP contribution in [0, 0.1) is 11.8 Å². The van der Waals surface area contributed by atoms with Gasteiger partial charge in [0.2, 0.25) is 5.91 Å². The van der Waals surface area contributed by atoms with Crippen molar-refractivity contribution in [1.82, 2.24) is 19.6 Å². The van der Waals surface area contributed by atoms with Gasteiger partial charge in [0.25, 0.3) is 0 Å². The number of hydrogen-bond donors (Lipinski definition) is 0. The monoisotopic (exact) mass is 320 g/mol. The van der Waals surface area contributed by atoms with Gasteiger partial charge in [-0.15, -0.1) is 0 Å². The van der Waals surface area contributed by atoms with E-state index >= 15 is 0 Å². The molecular weight excluding hydrogens is 292 g/mol. The fraction of sp³-hybridized carbons (Fsp3) is 0.765. The maximum atomic E-state index is 11.8. The van der Waals surface area contributed by atoms with Crippen molar-refractivity contribution in [1.29, 1.82) is 0 Å². The smallest absolute Gasteiger partial charge is 0.248 e. The summed E-state index contributed by atoms with van der Waals surface area (Å²) in [6.45, 7) is 3.38. The Bertz CT molecular complexity index is 542. The van der Waals surface area contributed by atoms with E-state index in [1.54, 1.807) is 19.0 Å². The predicted molar refractivity (Wildman–Crippen MR) is 87.8 cm³/mol. The Hall–Kier alpha value is -1.40. The number of aryl methyl sites for hydroxylation is 1. The molecule has 6 nitrogen and oxygen atoms in total. The van der Waals surface area contributed by atoms with Crippen molar-refractivity contribution in [3.63, 3.8) is 0 Å². The second kappa shape index (κ2) is 7.01. The van der Waals surface area contributed by atoms with Crippen molar-refractivity contribution in [2.45, 2.75) is 31.9 Å². The molecule has 0 N–H and O–H groups in total. The number of likely N-dealkylation sites (N-methyl/N-ethyl adjacent to an activating group) is 1. The summed E-state index contributed by atoms with van der Waals surface area (Å²) >= 11 is 0. The highest BCUT2D eigenvalue weighted by Gasteiger charge is 2.40. The number of hydrogen-bond acceptors (Lipinski definition) is 4. The van der Waals surface area contributed by atoms with Crippen LogP contribution in [0.1, 0.15) is 24.8 Å². The van der Waals surface area contributed by atoms with E-state index in [0.29, 0.717) is 11.8 Å². The minimum absolute atomic E-state index is 0.0531. The Morgan fingerprint density at radius 1 is 1.39 bits per heavy atom. The van der Waals surface area contributed by atoms with Crippen LogP contribution in [0.15, 0.2) is 12.4 Å². The van der Waals surface area contributed by atoms with E-state index in [0.717, 1.165) is 26.1 Å². The first-order valence-corrected chi connectivity index (χ1v) is 8.54. The van der Waals surface area contributed by atoms with Crippen LogP contribution in [0.2, 0.25) is 0 Å². The second-order valence-electron chi connectivity index (χ2n) is 7.21. The molecule has 23 heavy (non-hydrogen) atoms. The summed E-state index contributed by atoms with van der Waals surface area (Å²) in [4.78, 5) is 15.9. The Morgan fingerprint density at radius 3 is 2.91 bits per heavy atom. The molecule has 3 rings (SSSR count). The zero-order chi connectivity index (χ0) is 16.4. The zero-order valence-electron chi connectivity index (χ0n) is 14.4. The van der Waals surface area contributed by atoms with E-state index in [4.69, 9.17) is 4.74 Å². The van der Waals surface area contributed by atoms with Crippen LogP contribution in [0.25, 0.3) is 0 Å². The summed E-state index contributed by atoms with van der Waals surface area (Å²) in [6, 6.07) is 0. The topological polar surface area (TPSA) is 50.6 Å². The molecular formula is C17H28N4O2. The highest BCUT2D eigenvalue weighted by atomic mass is 16.5. The molecule has 1 aliphatic carbocycles. The molecule has 0 bridgehead atoms. The Balaban J connectivity index is 1.55. The van der Waals surface area contributed by atoms with Crippen molar-refractivity contribution in [2.75, 3.05) is 33.8 Å². The summed E-state index contributed by atoms with van der Waals surface area (Å²) in [7, 11) is 5.51. The Morgan fingerprint density at radius 2 is 2.22 bits per heavy atom. The number of ether oxygens (including phenoxy) is 1. The molecule has 2 fully saturated rings. The first kappa shape index (κ1) is 16.5. The van der Waals surface area contributed by atoms with E-state index in [-0.39, 0.29) is 18.6 Å². The summed E-state index contributed by atoms with van der Waals surface area (Å²) in [5, 5.41) is 4.25. The van der Waals surface area contributed by atoms with E-state index < -0.39 is 0 Å². The quantitative estimate of drug-likeness (QED) is 0.816. The third kappa shape index (κ3) is 3.93. The van der Waals surface area contributed by atoms with Crippen molar-refractivity contribution in [2.24, 2.45) is 18.9 Å². The molecule has 0 unspecified atom stereocenters. The lowest BCUT2D eigenvalue weighted by molar-refractivity contribution is -0.138. The number of nitrogens with zero attached hydrogens (tertiary/aromatic N) is 4. The lowest BCUT2D eigenvalue weighted by atomic mass is 9.79. The molecule has 6 heteroatoms. The highest BCUT2D eigenvalue weighted by molar-refractivity contribution is 5.76. The first-order valence-electron chi connectivity index (χ1n) is 8.54. The molecule has 128 valence electrons. The van der Waals surface area contributed by atoms with Crippen molar-refractivity contribution < 1.29 is 9.53 Å². The van der Waals surface area contributed by atoms with Crippen LogP contribution < -0.4 is 0 Å². The highest BCUT2D eigenvalue weighted by Crippen LogP contribution is 2.38. The van der Waals surface area contributed by atoms with Gasteiger partial charge in [0.1, 0.15) is 6.61 Å². The number of fused-ring (bicyclic) bond motifs is 1. The molecule has 0 aromatic carbocycles. The molecule has 2 heterocycles. The van der Waals surface area contributed by atoms with Crippen LogP contribution in [-0.4, -0.2) is 65.4 Å². The van der Waals surface area contributed by atoms with Gasteiger partial charge in [-0.1, -0.05) is 6.42 Å². The van der Waals surface area contributed by atoms with Gasteiger partial charge in [-0.05, 0) is 18.8 Å². The van der Waals surface area contributed by atoms with Gasteiger partial charge in [0.05, 0.1) is 12.3 Å². The van der Waals surface area contributed by atoms with Gasteiger partial charge in [-0.25, -0.2) is 0 Å². The number of carbonyl (C=O) groups is 1. The molecule has 1 saturated heterocycles. The summed E-state index contributed by atoms with van der Waals surface area (Å²) in [6.07, 6.45) is 7.86. The van der Waals surface area contributed by atoms with Crippen LogP contribution in [-0.2, 0) is 23.1 Å². The molecule has 1 amide bonds. The normalized spacial score (nSPS) is 27.9. The van der Waals surface area contributed by atoms with Crippen LogP contribution >= 0.6 is 0 Å². The first-order chi connectivity index (χ1) is 11.0. The van der Waals surface area contributed by atoms with Gasteiger partial charge in [-0.3, -0.25) is 14.4 Å². The molecule has 3 atom stereocenters. The lowest BCUT2D eigenvalue weighted by Crippen LogP contribution is -2.37. The largest absolute Gasteiger partial charge is 0.368 e. The van der Waals surface area contributed by atoms with E-state index in [2.05, 4.69) is 16.2 Å². The molecule has 0 radical (unpaired) electrons. The molecule has 0 spiro atoms. The predicted octanol–water partition coefficient (Wildman–Crippen LogP) is 1.13. The zero-order valence-corrected chi connectivity index (χ0v) is 14.4. The fourth-order valence-corrected chi connectivity index (χ4v) is 3.97. The van der Waals surface area contributed by atoms with Gasteiger partial charge < -0.3 is 9.64 Å². The van der Waals surface area contributed by atoms with Crippen molar-refractivity contribution in [3.05, 3.63) is 18.0 Å². The molecule has 1 aromatic rings. The average molecular weight is 320 g/mol. The molecule has 1 saturated carbocycles. The second-order valence-corrected chi connectivity index (χ2v) is 7.21. The van der Waals surface area contributed by atoms with Gasteiger partial charge in [-0.2, -0.15) is 5.10 Å². The van der Waals surface area contributed by atoms with E-state index in [1.165, 1.54) is 18.4 Å². The average Bonchev–Trinajstić information content (AvgIpc) is 3.10. The van der Waals surface area contributed by atoms with Crippen LogP contribution in [0.5, 0.6) is 0 Å². The Labute approximate surface area is 138 Å².